The van der Waals surface area contributed by atoms with Crippen molar-refractivity contribution in [3.63, 3.8) is 0 Å². The second-order valence-electron chi connectivity index (χ2n) is 7.64. The maximum absolute atomic E-state index is 13.6. The predicted octanol–water partition coefficient (Wildman–Crippen LogP) is 3.57. The summed E-state index contributed by atoms with van der Waals surface area (Å²) in [5.41, 5.74) is -0.920. The van der Waals surface area contributed by atoms with Crippen molar-refractivity contribution in [2.24, 2.45) is 7.05 Å². The van der Waals surface area contributed by atoms with Crippen molar-refractivity contribution in [3.05, 3.63) is 41.3 Å². The number of pyridine rings is 1. The fraction of sp³-hybridized carbons (Fsp3) is 0.333. The maximum atomic E-state index is 13.6. The standard InChI is InChI=1S/C21H22F4N6O3/c1-12-14-10-17(19(34-8-7-29(2)3)27-18(14)30(4)28-12)31(11-32)20(33)26-13-5-6-16(22)15(9-13)21(23,24)25/h5-6,9-11H,7-8H2,1-4H3,(H,26,33). The molecular weight excluding hydrogens is 460 g/mol. The molecule has 0 aliphatic rings. The first kappa shape index (κ1) is 24.9. The number of ether oxygens (including phenoxy) is 1. The Labute approximate surface area is 191 Å². The number of halogens is 4. The van der Waals surface area contributed by atoms with Crippen LogP contribution in [0.25, 0.3) is 11.0 Å². The molecule has 1 aromatic carbocycles. The van der Waals surface area contributed by atoms with E-state index in [1.807, 2.05) is 19.0 Å². The van der Waals surface area contributed by atoms with Crippen LogP contribution in [-0.4, -0.2) is 59.4 Å². The van der Waals surface area contributed by atoms with E-state index in [2.05, 4.69) is 15.4 Å². The summed E-state index contributed by atoms with van der Waals surface area (Å²) in [5, 5.41) is 6.98. The number of carbonyl (C=O) groups is 2. The van der Waals surface area contributed by atoms with Gasteiger partial charge in [-0.25, -0.2) is 14.1 Å². The molecule has 3 aromatic rings. The number of urea groups is 1. The summed E-state index contributed by atoms with van der Waals surface area (Å²) in [4.78, 5) is 31.6. The number of hydrogen-bond acceptors (Lipinski definition) is 6. The average molecular weight is 482 g/mol. The number of nitrogens with zero attached hydrogens (tertiary/aromatic N) is 5. The van der Waals surface area contributed by atoms with Gasteiger partial charge in [-0.3, -0.25) is 9.48 Å². The fourth-order valence-electron chi connectivity index (χ4n) is 3.14. The number of likely N-dealkylation sites (N-methyl/N-ethyl adjacent to an activating group) is 1. The van der Waals surface area contributed by atoms with Gasteiger partial charge in [-0.15, -0.1) is 0 Å². The fourth-order valence-corrected chi connectivity index (χ4v) is 3.14. The number of carbonyl (C=O) groups excluding carboxylic acids is 2. The van der Waals surface area contributed by atoms with E-state index in [-0.39, 0.29) is 30.3 Å². The van der Waals surface area contributed by atoms with Crippen LogP contribution in [0.15, 0.2) is 24.3 Å². The number of nitrogens with one attached hydrogen (secondary N) is 1. The SMILES string of the molecule is Cc1nn(C)c2nc(OCCN(C)C)c(N(C=O)C(=O)Nc3ccc(F)c(C(F)(F)F)c3)cc12. The van der Waals surface area contributed by atoms with Crippen LogP contribution in [0.2, 0.25) is 0 Å². The van der Waals surface area contributed by atoms with Crippen LogP contribution < -0.4 is 15.0 Å². The second kappa shape index (κ2) is 9.63. The number of fused-ring (bicyclic) bond motifs is 1. The van der Waals surface area contributed by atoms with Crippen LogP contribution in [0.5, 0.6) is 5.88 Å². The van der Waals surface area contributed by atoms with Gasteiger partial charge in [0.15, 0.2) is 5.65 Å². The first-order chi connectivity index (χ1) is 15.9. The Kier molecular flexibility index (Phi) is 7.05. The lowest BCUT2D eigenvalue weighted by atomic mass is 10.2. The molecule has 0 fully saturated rings. The Hall–Kier alpha value is -3.74. The van der Waals surface area contributed by atoms with Crippen LogP contribution >= 0.6 is 0 Å². The molecule has 9 nitrogen and oxygen atoms in total. The number of hydrogen-bond donors (Lipinski definition) is 1. The number of aromatic nitrogens is 3. The molecular formula is C21H22F4N6O3. The lowest BCUT2D eigenvalue weighted by molar-refractivity contribution is -0.139. The third kappa shape index (κ3) is 5.25. The summed E-state index contributed by atoms with van der Waals surface area (Å²) in [5.74, 6) is -1.54. The van der Waals surface area contributed by atoms with Gasteiger partial charge < -0.3 is 15.0 Å². The number of aryl methyl sites for hydroxylation is 2. The first-order valence-electron chi connectivity index (χ1n) is 9.96. The number of rotatable bonds is 7. The zero-order chi connectivity index (χ0) is 25.2. The molecule has 0 atom stereocenters. The molecule has 2 aromatic heterocycles. The molecule has 3 amide bonds. The highest BCUT2D eigenvalue weighted by Crippen LogP contribution is 2.34. The molecule has 0 unspecified atom stereocenters. The molecule has 0 aliphatic carbocycles. The van der Waals surface area contributed by atoms with Crippen LogP contribution in [0, 0.1) is 12.7 Å². The van der Waals surface area contributed by atoms with Gasteiger partial charge in [0, 0.05) is 24.7 Å². The monoisotopic (exact) mass is 482 g/mol. The normalized spacial score (nSPS) is 11.7. The third-order valence-electron chi connectivity index (χ3n) is 4.83. The Morgan fingerprint density at radius 3 is 2.59 bits per heavy atom. The van der Waals surface area contributed by atoms with Crippen molar-refractivity contribution in [2.75, 3.05) is 37.5 Å². The van der Waals surface area contributed by atoms with Gasteiger partial charge in [0.2, 0.25) is 12.3 Å². The lowest BCUT2D eigenvalue weighted by Gasteiger charge is -2.20. The average Bonchev–Trinajstić information content (AvgIpc) is 3.01. The molecule has 0 aliphatic heterocycles. The summed E-state index contributed by atoms with van der Waals surface area (Å²) >= 11 is 0. The molecule has 3 rings (SSSR count). The zero-order valence-corrected chi connectivity index (χ0v) is 18.8. The minimum Gasteiger partial charge on any atom is -0.475 e. The van der Waals surface area contributed by atoms with Crippen LogP contribution in [-0.2, 0) is 18.0 Å². The van der Waals surface area contributed by atoms with E-state index in [0.29, 0.717) is 40.3 Å². The first-order valence-corrected chi connectivity index (χ1v) is 9.96. The summed E-state index contributed by atoms with van der Waals surface area (Å²) in [6.07, 6.45) is -4.79. The molecule has 0 saturated heterocycles. The van der Waals surface area contributed by atoms with Crippen LogP contribution in [0.1, 0.15) is 11.3 Å². The number of imide groups is 1. The van der Waals surface area contributed by atoms with Gasteiger partial charge >= 0.3 is 12.2 Å². The van der Waals surface area contributed by atoms with Gasteiger partial charge in [0.1, 0.15) is 18.1 Å². The number of alkyl halides is 3. The summed E-state index contributed by atoms with van der Waals surface area (Å²) in [6.45, 7) is 2.39. The zero-order valence-electron chi connectivity index (χ0n) is 18.8. The Bertz CT molecular complexity index is 1230. The third-order valence-corrected chi connectivity index (χ3v) is 4.83. The highest BCUT2D eigenvalue weighted by Gasteiger charge is 2.34. The van der Waals surface area contributed by atoms with Crippen molar-refractivity contribution in [1.82, 2.24) is 19.7 Å². The molecule has 0 spiro atoms. The van der Waals surface area contributed by atoms with Crippen molar-refractivity contribution in [3.8, 4) is 5.88 Å². The van der Waals surface area contributed by atoms with Crippen molar-refractivity contribution >= 4 is 34.8 Å². The molecule has 182 valence electrons. The minimum atomic E-state index is -4.96. The van der Waals surface area contributed by atoms with E-state index in [1.165, 1.54) is 10.7 Å². The number of amides is 3. The van der Waals surface area contributed by atoms with E-state index >= 15 is 0 Å². The van der Waals surface area contributed by atoms with Crippen molar-refractivity contribution in [1.29, 1.82) is 0 Å². The molecule has 1 N–H and O–H groups in total. The second-order valence-corrected chi connectivity index (χ2v) is 7.64. The van der Waals surface area contributed by atoms with E-state index in [0.717, 1.165) is 6.07 Å². The maximum Gasteiger partial charge on any atom is 0.419 e. The quantitative estimate of drug-likeness (QED) is 0.409. The molecule has 0 bridgehead atoms. The molecule has 34 heavy (non-hydrogen) atoms. The Morgan fingerprint density at radius 2 is 1.97 bits per heavy atom. The number of benzene rings is 1. The van der Waals surface area contributed by atoms with Gasteiger partial charge in [-0.2, -0.15) is 23.3 Å². The smallest absolute Gasteiger partial charge is 0.419 e. The molecule has 0 saturated carbocycles. The van der Waals surface area contributed by atoms with Gasteiger partial charge in [-0.05, 0) is 45.3 Å². The van der Waals surface area contributed by atoms with E-state index in [1.54, 1.807) is 14.0 Å². The molecule has 0 radical (unpaired) electrons. The van der Waals surface area contributed by atoms with Crippen LogP contribution in [0.3, 0.4) is 0 Å². The van der Waals surface area contributed by atoms with Gasteiger partial charge in [-0.1, -0.05) is 0 Å². The van der Waals surface area contributed by atoms with E-state index < -0.39 is 23.6 Å². The van der Waals surface area contributed by atoms with Gasteiger partial charge in [0.25, 0.3) is 0 Å². The Morgan fingerprint density at radius 1 is 1.26 bits per heavy atom. The number of anilines is 2. The minimum absolute atomic E-state index is 0.0342. The lowest BCUT2D eigenvalue weighted by Crippen LogP contribution is -2.34. The molecule has 13 heteroatoms. The van der Waals surface area contributed by atoms with Crippen molar-refractivity contribution < 1.29 is 31.9 Å². The van der Waals surface area contributed by atoms with Gasteiger partial charge in [0.05, 0.1) is 11.3 Å². The highest BCUT2D eigenvalue weighted by molar-refractivity contribution is 6.13. The van der Waals surface area contributed by atoms with Crippen molar-refractivity contribution in [2.45, 2.75) is 13.1 Å². The summed E-state index contributed by atoms with van der Waals surface area (Å²) in [7, 11) is 5.32. The predicted molar refractivity (Wildman–Crippen MR) is 116 cm³/mol. The largest absolute Gasteiger partial charge is 0.475 e. The summed E-state index contributed by atoms with van der Waals surface area (Å²) in [6, 6.07) is 2.36. The Balaban J connectivity index is 1.99. The van der Waals surface area contributed by atoms with E-state index in [9.17, 15) is 27.2 Å². The van der Waals surface area contributed by atoms with Crippen LogP contribution in [0.4, 0.5) is 33.7 Å². The van der Waals surface area contributed by atoms with E-state index in [4.69, 9.17) is 4.74 Å². The summed E-state index contributed by atoms with van der Waals surface area (Å²) < 4.78 is 59.8. The molecule has 2 heterocycles. The highest BCUT2D eigenvalue weighted by atomic mass is 19.4. The topological polar surface area (TPSA) is 92.6 Å².